The predicted molar refractivity (Wildman–Crippen MR) is 106 cm³/mol. The van der Waals surface area contributed by atoms with Crippen LogP contribution in [0.1, 0.15) is 16.2 Å². The fourth-order valence-electron chi connectivity index (χ4n) is 3.50. The molecule has 0 aliphatic heterocycles. The van der Waals surface area contributed by atoms with Crippen LogP contribution in [-0.4, -0.2) is 50.7 Å². The average molecular weight is 362 g/mol. The van der Waals surface area contributed by atoms with Crippen molar-refractivity contribution in [1.82, 2.24) is 19.0 Å². The summed E-state index contributed by atoms with van der Waals surface area (Å²) in [6, 6.07) is 15.7. The number of carboxylic acids is 1. The van der Waals surface area contributed by atoms with Crippen molar-refractivity contribution in [2.24, 2.45) is 0 Å². The third-order valence-electron chi connectivity index (χ3n) is 4.84. The first-order valence-electron chi connectivity index (χ1n) is 8.94. The Labute approximate surface area is 157 Å². The van der Waals surface area contributed by atoms with Gasteiger partial charge < -0.3 is 19.1 Å². The highest BCUT2D eigenvalue weighted by molar-refractivity contribution is 6.03. The number of likely N-dealkylation sites (N-methyl/N-ethyl adjacent to an activating group) is 1. The predicted octanol–water partition coefficient (Wildman–Crippen LogP) is 3.30. The van der Waals surface area contributed by atoms with E-state index in [-0.39, 0.29) is 0 Å². The van der Waals surface area contributed by atoms with Crippen molar-refractivity contribution < 1.29 is 9.90 Å². The molecule has 6 heteroatoms. The second-order valence-corrected chi connectivity index (χ2v) is 6.96. The van der Waals surface area contributed by atoms with E-state index in [9.17, 15) is 9.90 Å². The number of aromatic carboxylic acids is 1. The maximum Gasteiger partial charge on any atom is 0.337 e. The standard InChI is InChI=1S/C21H22N4O2/c1-23(2)11-12-25-19-10-6-4-8-17(19)22-20(25)14-24-13-16(21(26)27)15-7-3-5-9-18(15)24/h3-10,13H,11-12,14H2,1-2H3,(H,26,27). The smallest absolute Gasteiger partial charge is 0.337 e. The number of imidazole rings is 1. The van der Waals surface area contributed by atoms with Gasteiger partial charge in [-0.25, -0.2) is 9.78 Å². The molecule has 0 atom stereocenters. The van der Waals surface area contributed by atoms with E-state index in [0.29, 0.717) is 12.1 Å². The molecule has 0 saturated carbocycles. The van der Waals surface area contributed by atoms with Crippen molar-refractivity contribution in [3.63, 3.8) is 0 Å². The lowest BCUT2D eigenvalue weighted by Crippen LogP contribution is -2.20. The van der Waals surface area contributed by atoms with E-state index in [2.05, 4.69) is 29.6 Å². The Hall–Kier alpha value is -3.12. The van der Waals surface area contributed by atoms with Gasteiger partial charge in [0, 0.05) is 30.2 Å². The van der Waals surface area contributed by atoms with Crippen LogP contribution in [0.3, 0.4) is 0 Å². The first kappa shape index (κ1) is 17.3. The minimum Gasteiger partial charge on any atom is -0.478 e. The molecule has 4 aromatic rings. The zero-order valence-corrected chi connectivity index (χ0v) is 15.5. The van der Waals surface area contributed by atoms with Gasteiger partial charge in [0.15, 0.2) is 0 Å². The monoisotopic (exact) mass is 362 g/mol. The fraction of sp³-hybridized carbons (Fsp3) is 0.238. The van der Waals surface area contributed by atoms with Crippen LogP contribution in [0.15, 0.2) is 54.7 Å². The van der Waals surface area contributed by atoms with Crippen LogP contribution >= 0.6 is 0 Å². The van der Waals surface area contributed by atoms with Crippen molar-refractivity contribution in [3.8, 4) is 0 Å². The first-order chi connectivity index (χ1) is 13.0. The van der Waals surface area contributed by atoms with Gasteiger partial charge in [-0.2, -0.15) is 0 Å². The molecule has 1 N–H and O–H groups in total. The van der Waals surface area contributed by atoms with Crippen molar-refractivity contribution in [2.45, 2.75) is 13.1 Å². The largest absolute Gasteiger partial charge is 0.478 e. The lowest BCUT2D eigenvalue weighted by molar-refractivity contribution is 0.0699. The Morgan fingerprint density at radius 1 is 1.07 bits per heavy atom. The Morgan fingerprint density at radius 3 is 2.52 bits per heavy atom. The third-order valence-corrected chi connectivity index (χ3v) is 4.84. The minimum atomic E-state index is -0.911. The summed E-state index contributed by atoms with van der Waals surface area (Å²) in [4.78, 5) is 18.6. The molecule has 0 fully saturated rings. The lowest BCUT2D eigenvalue weighted by atomic mass is 10.2. The van der Waals surface area contributed by atoms with Crippen LogP contribution in [0.4, 0.5) is 0 Å². The van der Waals surface area contributed by atoms with Crippen molar-refractivity contribution in [3.05, 3.63) is 66.1 Å². The summed E-state index contributed by atoms with van der Waals surface area (Å²) >= 11 is 0. The van der Waals surface area contributed by atoms with Gasteiger partial charge in [0.2, 0.25) is 0 Å². The van der Waals surface area contributed by atoms with E-state index in [1.807, 2.05) is 47.0 Å². The summed E-state index contributed by atoms with van der Waals surface area (Å²) in [6.07, 6.45) is 1.71. The Morgan fingerprint density at radius 2 is 1.78 bits per heavy atom. The summed E-state index contributed by atoms with van der Waals surface area (Å²) in [5, 5.41) is 10.3. The number of nitrogens with zero attached hydrogens (tertiary/aromatic N) is 4. The number of carbonyl (C=O) groups is 1. The molecular formula is C21H22N4O2. The molecule has 4 rings (SSSR count). The van der Waals surface area contributed by atoms with Crippen molar-refractivity contribution in [1.29, 1.82) is 0 Å². The second kappa shape index (κ2) is 6.89. The molecule has 0 amide bonds. The normalized spacial score (nSPS) is 11.7. The van der Waals surface area contributed by atoms with Crippen molar-refractivity contribution >= 4 is 27.9 Å². The van der Waals surface area contributed by atoms with E-state index in [0.717, 1.165) is 40.9 Å². The zero-order chi connectivity index (χ0) is 19.0. The van der Waals surface area contributed by atoms with Gasteiger partial charge in [-0.1, -0.05) is 30.3 Å². The molecule has 2 heterocycles. The van der Waals surface area contributed by atoms with E-state index in [1.54, 1.807) is 6.20 Å². The van der Waals surface area contributed by atoms with Gasteiger partial charge in [0.05, 0.1) is 23.1 Å². The highest BCUT2D eigenvalue weighted by atomic mass is 16.4. The highest BCUT2D eigenvalue weighted by Gasteiger charge is 2.16. The first-order valence-corrected chi connectivity index (χ1v) is 8.94. The summed E-state index contributed by atoms with van der Waals surface area (Å²) in [6.45, 7) is 2.25. The molecule has 2 aromatic heterocycles. The number of hydrogen-bond donors (Lipinski definition) is 1. The van der Waals surface area contributed by atoms with Crippen LogP contribution in [-0.2, 0) is 13.1 Å². The quantitative estimate of drug-likeness (QED) is 0.572. The van der Waals surface area contributed by atoms with Gasteiger partial charge in [0.1, 0.15) is 5.82 Å². The molecule has 6 nitrogen and oxygen atoms in total. The van der Waals surface area contributed by atoms with Crippen LogP contribution in [0.2, 0.25) is 0 Å². The fourth-order valence-corrected chi connectivity index (χ4v) is 3.50. The van der Waals surface area contributed by atoms with Gasteiger partial charge >= 0.3 is 5.97 Å². The third kappa shape index (κ3) is 3.19. The SMILES string of the molecule is CN(C)CCn1c(Cn2cc(C(=O)O)c3ccccc32)nc2ccccc21. The number of fused-ring (bicyclic) bond motifs is 2. The summed E-state index contributed by atoms with van der Waals surface area (Å²) in [5.41, 5.74) is 3.29. The van der Waals surface area contributed by atoms with E-state index in [1.165, 1.54) is 0 Å². The second-order valence-electron chi connectivity index (χ2n) is 6.96. The summed E-state index contributed by atoms with van der Waals surface area (Å²) in [5.74, 6) is 0.0156. The molecular weight excluding hydrogens is 340 g/mol. The van der Waals surface area contributed by atoms with Crippen molar-refractivity contribution in [2.75, 3.05) is 20.6 Å². The molecule has 0 radical (unpaired) electrons. The number of hydrogen-bond acceptors (Lipinski definition) is 3. The summed E-state index contributed by atoms with van der Waals surface area (Å²) < 4.78 is 4.21. The van der Waals surface area contributed by atoms with Crippen LogP contribution in [0.25, 0.3) is 21.9 Å². The van der Waals surface area contributed by atoms with Gasteiger partial charge in [-0.05, 0) is 32.3 Å². The van der Waals surface area contributed by atoms with E-state index >= 15 is 0 Å². The lowest BCUT2D eigenvalue weighted by Gasteiger charge is -2.14. The molecule has 2 aromatic carbocycles. The number of para-hydroxylation sites is 3. The van der Waals surface area contributed by atoms with Gasteiger partial charge in [-0.15, -0.1) is 0 Å². The Kier molecular flexibility index (Phi) is 4.41. The molecule has 0 bridgehead atoms. The molecule has 0 spiro atoms. The zero-order valence-electron chi connectivity index (χ0n) is 15.5. The van der Waals surface area contributed by atoms with Gasteiger partial charge in [-0.3, -0.25) is 0 Å². The van der Waals surface area contributed by atoms with Crippen LogP contribution in [0, 0.1) is 0 Å². The summed E-state index contributed by atoms with van der Waals surface area (Å²) in [7, 11) is 4.11. The molecule has 27 heavy (non-hydrogen) atoms. The Balaban J connectivity index is 1.81. The van der Waals surface area contributed by atoms with Gasteiger partial charge in [0.25, 0.3) is 0 Å². The average Bonchev–Trinajstić information content (AvgIpc) is 3.19. The van der Waals surface area contributed by atoms with E-state index < -0.39 is 5.97 Å². The van der Waals surface area contributed by atoms with Crippen LogP contribution in [0.5, 0.6) is 0 Å². The number of aromatic nitrogens is 3. The highest BCUT2D eigenvalue weighted by Crippen LogP contribution is 2.24. The topological polar surface area (TPSA) is 63.3 Å². The molecule has 0 saturated heterocycles. The molecule has 0 aliphatic rings. The number of carboxylic acid groups (broad SMARTS) is 1. The number of rotatable bonds is 6. The molecule has 0 unspecified atom stereocenters. The van der Waals surface area contributed by atoms with Crippen LogP contribution < -0.4 is 0 Å². The molecule has 0 aliphatic carbocycles. The van der Waals surface area contributed by atoms with E-state index in [4.69, 9.17) is 4.98 Å². The minimum absolute atomic E-state index is 0.321. The number of benzene rings is 2. The Bertz CT molecular complexity index is 1120. The maximum atomic E-state index is 11.6. The maximum absolute atomic E-state index is 11.6. The molecule has 138 valence electrons.